The van der Waals surface area contributed by atoms with Gasteiger partial charge in [0, 0.05) is 6.42 Å². The Morgan fingerprint density at radius 3 is 2.28 bits per heavy atom. The number of methoxy groups -OCH3 is 3. The summed E-state index contributed by atoms with van der Waals surface area (Å²) in [4.78, 5) is 12.9. The Morgan fingerprint density at radius 2 is 1.76 bits per heavy atom. The topological polar surface area (TPSA) is 44.8 Å². The third-order valence-corrected chi connectivity index (χ3v) is 3.97. The van der Waals surface area contributed by atoms with E-state index in [1.54, 1.807) is 21.3 Å². The average molecular weight is 346 g/mol. The van der Waals surface area contributed by atoms with Gasteiger partial charge in [-0.3, -0.25) is 4.79 Å². The maximum absolute atomic E-state index is 12.9. The van der Waals surface area contributed by atoms with Crippen LogP contribution in [0.4, 0.5) is 0 Å². The fourth-order valence-electron chi connectivity index (χ4n) is 2.75. The Kier molecular flexibility index (Phi) is 8.82. The molecule has 0 heterocycles. The van der Waals surface area contributed by atoms with Gasteiger partial charge in [0.2, 0.25) is 5.75 Å². The van der Waals surface area contributed by atoms with Crippen molar-refractivity contribution in [2.24, 2.45) is 0 Å². The van der Waals surface area contributed by atoms with Crippen LogP contribution in [0.3, 0.4) is 0 Å². The first-order valence-corrected chi connectivity index (χ1v) is 8.59. The first-order chi connectivity index (χ1) is 12.0. The molecule has 4 heteroatoms. The molecule has 0 unspecified atom stereocenters. The Morgan fingerprint density at radius 1 is 1.08 bits per heavy atom. The molecule has 25 heavy (non-hydrogen) atoms. The van der Waals surface area contributed by atoms with Crippen LogP contribution in [0.1, 0.15) is 55.5 Å². The quantitative estimate of drug-likeness (QED) is 0.316. The molecule has 0 fully saturated rings. The summed E-state index contributed by atoms with van der Waals surface area (Å²) in [5, 5.41) is 0. The fourth-order valence-corrected chi connectivity index (χ4v) is 2.75. The van der Waals surface area contributed by atoms with Crippen molar-refractivity contribution in [3.8, 4) is 17.2 Å². The van der Waals surface area contributed by atoms with Crippen molar-refractivity contribution in [1.82, 2.24) is 0 Å². The number of carbonyl (C=O) groups excluding carboxylic acids is 1. The van der Waals surface area contributed by atoms with E-state index in [9.17, 15) is 4.79 Å². The molecule has 1 aromatic carbocycles. The Hall–Kier alpha value is -2.23. The maximum Gasteiger partial charge on any atom is 0.204 e. The summed E-state index contributed by atoms with van der Waals surface area (Å²) in [7, 11) is 4.68. The van der Waals surface area contributed by atoms with Crippen LogP contribution >= 0.6 is 0 Å². The standard InChI is InChI=1S/C21H30O4/c1-7-8-12-16-14-18(23-4)20(24-5)21(25-6)19(16)17(22)13-10-9-11-15(2)3/h7,11,14H,1,8-10,12-13H2,2-6H3. The number of rotatable bonds is 11. The highest BCUT2D eigenvalue weighted by Crippen LogP contribution is 2.43. The number of hydrogen-bond donors (Lipinski definition) is 0. The van der Waals surface area contributed by atoms with Gasteiger partial charge in [-0.15, -0.1) is 6.58 Å². The zero-order valence-electron chi connectivity index (χ0n) is 16.1. The van der Waals surface area contributed by atoms with Gasteiger partial charge in [0.15, 0.2) is 17.3 Å². The van der Waals surface area contributed by atoms with E-state index < -0.39 is 0 Å². The van der Waals surface area contributed by atoms with Crippen LogP contribution in [-0.2, 0) is 6.42 Å². The molecule has 1 aromatic rings. The number of hydrogen-bond acceptors (Lipinski definition) is 4. The number of ketones is 1. The van der Waals surface area contributed by atoms with Gasteiger partial charge in [-0.2, -0.15) is 0 Å². The lowest BCUT2D eigenvalue weighted by atomic mass is 9.94. The van der Waals surface area contributed by atoms with Crippen LogP contribution in [0, 0.1) is 0 Å². The molecule has 0 spiro atoms. The number of ether oxygens (including phenoxy) is 3. The molecule has 0 amide bonds. The molecule has 0 atom stereocenters. The SMILES string of the molecule is C=CCCc1cc(OC)c(OC)c(OC)c1C(=O)CCCC=C(C)C. The van der Waals surface area contributed by atoms with Crippen LogP contribution in [0.2, 0.25) is 0 Å². The maximum atomic E-state index is 12.9. The Balaban J connectivity index is 3.25. The molecular formula is C21H30O4. The lowest BCUT2D eigenvalue weighted by molar-refractivity contribution is 0.0975. The number of unbranched alkanes of at least 4 members (excludes halogenated alkanes) is 1. The molecule has 138 valence electrons. The van der Waals surface area contributed by atoms with Gasteiger partial charge in [-0.25, -0.2) is 0 Å². The summed E-state index contributed by atoms with van der Waals surface area (Å²) < 4.78 is 16.4. The summed E-state index contributed by atoms with van der Waals surface area (Å²) in [5.74, 6) is 1.55. The van der Waals surface area contributed by atoms with Crippen molar-refractivity contribution >= 4 is 5.78 Å². The summed E-state index contributed by atoms with van der Waals surface area (Å²) in [6, 6.07) is 1.87. The zero-order chi connectivity index (χ0) is 18.8. The molecule has 0 saturated carbocycles. The van der Waals surface area contributed by atoms with E-state index in [0.717, 1.165) is 24.8 Å². The molecule has 0 aliphatic rings. The predicted molar refractivity (Wildman–Crippen MR) is 102 cm³/mol. The fraction of sp³-hybridized carbons (Fsp3) is 0.476. The summed E-state index contributed by atoms with van der Waals surface area (Å²) in [6.07, 6.45) is 7.64. The number of carbonyl (C=O) groups is 1. The second kappa shape index (κ2) is 10.6. The molecule has 0 aliphatic carbocycles. The van der Waals surface area contributed by atoms with Gasteiger partial charge in [-0.05, 0) is 51.2 Å². The third kappa shape index (κ3) is 5.66. The van der Waals surface area contributed by atoms with Crippen LogP contribution < -0.4 is 14.2 Å². The van der Waals surface area contributed by atoms with Crippen molar-refractivity contribution in [3.63, 3.8) is 0 Å². The molecule has 0 bridgehead atoms. The highest BCUT2D eigenvalue weighted by molar-refractivity contribution is 6.01. The van der Waals surface area contributed by atoms with Gasteiger partial charge in [0.05, 0.1) is 26.9 Å². The highest BCUT2D eigenvalue weighted by Gasteiger charge is 2.24. The molecule has 0 aromatic heterocycles. The summed E-state index contributed by atoms with van der Waals surface area (Å²) >= 11 is 0. The second-order valence-electron chi connectivity index (χ2n) is 6.10. The lowest BCUT2D eigenvalue weighted by Gasteiger charge is -2.19. The van der Waals surface area contributed by atoms with Crippen LogP contribution in [0.15, 0.2) is 30.4 Å². The van der Waals surface area contributed by atoms with Gasteiger partial charge < -0.3 is 14.2 Å². The summed E-state index contributed by atoms with van der Waals surface area (Å²) in [5.41, 5.74) is 2.77. The van der Waals surface area contributed by atoms with Crippen molar-refractivity contribution in [2.45, 2.75) is 46.0 Å². The van der Waals surface area contributed by atoms with E-state index in [1.165, 1.54) is 5.57 Å². The molecule has 0 radical (unpaired) electrons. The number of aryl methyl sites for hydroxylation is 1. The highest BCUT2D eigenvalue weighted by atomic mass is 16.5. The monoisotopic (exact) mass is 346 g/mol. The predicted octanol–water partition coefficient (Wildman–Crippen LogP) is 5.15. The number of Topliss-reactive ketones (excluding diaryl/α,β-unsaturated/α-hetero) is 1. The normalized spacial score (nSPS) is 10.1. The van der Waals surface area contributed by atoms with E-state index in [1.807, 2.05) is 12.1 Å². The van der Waals surface area contributed by atoms with Crippen molar-refractivity contribution in [3.05, 3.63) is 41.5 Å². The van der Waals surface area contributed by atoms with E-state index in [2.05, 4.69) is 26.5 Å². The Bertz CT molecular complexity index is 625. The van der Waals surface area contributed by atoms with E-state index >= 15 is 0 Å². The molecule has 0 aliphatic heterocycles. The second-order valence-corrected chi connectivity index (χ2v) is 6.10. The third-order valence-electron chi connectivity index (χ3n) is 3.97. The molecular weight excluding hydrogens is 316 g/mol. The van der Waals surface area contributed by atoms with Crippen molar-refractivity contribution in [1.29, 1.82) is 0 Å². The van der Waals surface area contributed by atoms with Gasteiger partial charge in [0.1, 0.15) is 0 Å². The van der Waals surface area contributed by atoms with E-state index in [-0.39, 0.29) is 5.78 Å². The van der Waals surface area contributed by atoms with Gasteiger partial charge >= 0.3 is 0 Å². The minimum Gasteiger partial charge on any atom is -0.493 e. The Labute approximate surface area is 151 Å². The van der Waals surface area contributed by atoms with Gasteiger partial charge in [-0.1, -0.05) is 17.7 Å². The van der Waals surface area contributed by atoms with Crippen molar-refractivity contribution < 1.29 is 19.0 Å². The average Bonchev–Trinajstić information content (AvgIpc) is 2.61. The molecule has 1 rings (SSSR count). The molecule has 0 N–H and O–H groups in total. The van der Waals surface area contributed by atoms with Crippen LogP contribution in [0.25, 0.3) is 0 Å². The molecule has 4 nitrogen and oxygen atoms in total. The minimum absolute atomic E-state index is 0.0685. The van der Waals surface area contributed by atoms with E-state index in [0.29, 0.717) is 35.7 Å². The first kappa shape index (κ1) is 20.8. The summed E-state index contributed by atoms with van der Waals surface area (Å²) in [6.45, 7) is 7.89. The smallest absolute Gasteiger partial charge is 0.204 e. The minimum atomic E-state index is 0.0685. The molecule has 0 saturated heterocycles. The largest absolute Gasteiger partial charge is 0.493 e. The van der Waals surface area contributed by atoms with E-state index in [4.69, 9.17) is 14.2 Å². The van der Waals surface area contributed by atoms with Crippen LogP contribution in [0.5, 0.6) is 17.2 Å². The lowest BCUT2D eigenvalue weighted by Crippen LogP contribution is -2.09. The van der Waals surface area contributed by atoms with Crippen LogP contribution in [-0.4, -0.2) is 27.1 Å². The first-order valence-electron chi connectivity index (χ1n) is 8.59. The zero-order valence-corrected chi connectivity index (χ0v) is 16.1. The number of allylic oxidation sites excluding steroid dienone is 3. The van der Waals surface area contributed by atoms with Gasteiger partial charge in [0.25, 0.3) is 0 Å². The van der Waals surface area contributed by atoms with Crippen molar-refractivity contribution in [2.75, 3.05) is 21.3 Å². The number of benzene rings is 1.